The number of hydrogen-bond acceptors (Lipinski definition) is 8. The van der Waals surface area contributed by atoms with Crippen molar-refractivity contribution in [2.24, 2.45) is 5.73 Å². The summed E-state index contributed by atoms with van der Waals surface area (Å²) in [6.45, 7) is 4.17. The van der Waals surface area contributed by atoms with E-state index in [0.717, 1.165) is 67.7 Å². The standard InChI is InChI=1S/C26H28N4O3S/c1-32-19-7-5-18(6-8-19)30-21-3-2-4-22(31)25(21)24(20(14-27)26(30)28)23-13-17(16-34-23)15-29-9-11-33-12-10-29/h5-8,13,16,24H,2-4,9-12,15,28H2,1H3/t24-/m0/s1. The molecule has 1 fully saturated rings. The second-order valence-electron chi connectivity index (χ2n) is 8.76. The quantitative estimate of drug-likeness (QED) is 0.700. The Morgan fingerprint density at radius 1 is 1.24 bits per heavy atom. The molecule has 0 bridgehead atoms. The molecule has 1 saturated heterocycles. The topological polar surface area (TPSA) is 91.8 Å². The molecule has 8 heteroatoms. The van der Waals surface area contributed by atoms with Crippen LogP contribution in [0.1, 0.15) is 35.6 Å². The van der Waals surface area contributed by atoms with Crippen LogP contribution in [-0.2, 0) is 16.1 Å². The number of ketones is 1. The smallest absolute Gasteiger partial charge is 0.161 e. The first kappa shape index (κ1) is 22.7. The zero-order chi connectivity index (χ0) is 23.7. The van der Waals surface area contributed by atoms with Crippen LogP contribution in [0.2, 0.25) is 0 Å². The number of carbonyl (C=O) groups excluding carboxylic acids is 1. The monoisotopic (exact) mass is 476 g/mol. The molecule has 0 unspecified atom stereocenters. The maximum atomic E-state index is 13.3. The molecule has 0 amide bonds. The highest BCUT2D eigenvalue weighted by Gasteiger charge is 2.41. The Morgan fingerprint density at radius 2 is 2.00 bits per heavy atom. The fraction of sp³-hybridized carbons (Fsp3) is 0.385. The largest absolute Gasteiger partial charge is 0.497 e. The van der Waals surface area contributed by atoms with E-state index in [1.54, 1.807) is 18.4 Å². The molecule has 1 aromatic carbocycles. The maximum Gasteiger partial charge on any atom is 0.161 e. The van der Waals surface area contributed by atoms with Gasteiger partial charge in [-0.05, 0) is 54.1 Å². The second kappa shape index (κ2) is 9.63. The Labute approximate surface area is 203 Å². The molecule has 2 aliphatic heterocycles. The van der Waals surface area contributed by atoms with Gasteiger partial charge >= 0.3 is 0 Å². The van der Waals surface area contributed by atoms with Crippen molar-refractivity contribution in [3.05, 3.63) is 68.8 Å². The van der Waals surface area contributed by atoms with Crippen molar-refractivity contribution in [2.45, 2.75) is 31.7 Å². The minimum absolute atomic E-state index is 0.105. The van der Waals surface area contributed by atoms with Crippen LogP contribution in [0.15, 0.2) is 58.4 Å². The summed E-state index contributed by atoms with van der Waals surface area (Å²) in [7, 11) is 1.62. The lowest BCUT2D eigenvalue weighted by molar-refractivity contribution is -0.116. The van der Waals surface area contributed by atoms with E-state index in [2.05, 4.69) is 22.4 Å². The zero-order valence-electron chi connectivity index (χ0n) is 19.3. The summed E-state index contributed by atoms with van der Waals surface area (Å²) < 4.78 is 10.8. The number of rotatable bonds is 5. The number of anilines is 1. The molecule has 34 heavy (non-hydrogen) atoms. The van der Waals surface area contributed by atoms with Gasteiger partial charge in [0.2, 0.25) is 0 Å². The highest BCUT2D eigenvalue weighted by atomic mass is 32.1. The molecule has 0 radical (unpaired) electrons. The van der Waals surface area contributed by atoms with Gasteiger partial charge in [0.05, 0.1) is 37.9 Å². The summed E-state index contributed by atoms with van der Waals surface area (Å²) in [5.41, 5.74) is 10.7. The van der Waals surface area contributed by atoms with Crippen molar-refractivity contribution >= 4 is 22.8 Å². The molecule has 3 aliphatic rings. The summed E-state index contributed by atoms with van der Waals surface area (Å²) in [5, 5.41) is 12.3. The van der Waals surface area contributed by atoms with Crippen molar-refractivity contribution in [1.29, 1.82) is 5.26 Å². The number of ether oxygens (including phenoxy) is 2. The van der Waals surface area contributed by atoms with Crippen molar-refractivity contribution in [3.8, 4) is 11.8 Å². The highest BCUT2D eigenvalue weighted by Crippen LogP contribution is 2.47. The van der Waals surface area contributed by atoms with Crippen LogP contribution in [0.3, 0.4) is 0 Å². The SMILES string of the molecule is COc1ccc(N2C(N)=C(C#N)[C@@H](c3cc(CN4CCOCC4)cs3)C3=C2CCCC3=O)cc1. The van der Waals surface area contributed by atoms with Crippen LogP contribution in [0.4, 0.5) is 5.69 Å². The second-order valence-corrected chi connectivity index (χ2v) is 9.70. The van der Waals surface area contributed by atoms with Gasteiger partial charge in [0.25, 0.3) is 0 Å². The maximum absolute atomic E-state index is 13.3. The van der Waals surface area contributed by atoms with Gasteiger partial charge in [-0.15, -0.1) is 11.3 Å². The highest BCUT2D eigenvalue weighted by molar-refractivity contribution is 7.10. The van der Waals surface area contributed by atoms with E-state index >= 15 is 0 Å². The number of morpholine rings is 1. The van der Waals surface area contributed by atoms with Gasteiger partial charge in [-0.25, -0.2) is 0 Å². The van der Waals surface area contributed by atoms with Gasteiger partial charge in [0.15, 0.2) is 5.78 Å². The summed E-state index contributed by atoms with van der Waals surface area (Å²) in [4.78, 5) is 18.5. The number of nitriles is 1. The number of carbonyl (C=O) groups is 1. The Hall–Kier alpha value is -3.12. The van der Waals surface area contributed by atoms with Crippen LogP contribution in [-0.4, -0.2) is 44.1 Å². The molecule has 0 saturated carbocycles. The Bertz CT molecular complexity index is 1190. The average molecular weight is 477 g/mol. The van der Waals surface area contributed by atoms with E-state index in [1.165, 1.54) is 5.56 Å². The molecule has 0 spiro atoms. The average Bonchev–Trinajstić information content (AvgIpc) is 3.32. The Kier molecular flexibility index (Phi) is 6.42. The number of benzene rings is 1. The molecule has 1 aromatic heterocycles. The molecule has 2 N–H and O–H groups in total. The molecule has 2 aromatic rings. The number of thiophene rings is 1. The van der Waals surface area contributed by atoms with Gasteiger partial charge in [-0.2, -0.15) is 5.26 Å². The lowest BCUT2D eigenvalue weighted by Gasteiger charge is -2.39. The number of allylic oxidation sites excluding steroid dienone is 3. The summed E-state index contributed by atoms with van der Waals surface area (Å²) in [6.07, 6.45) is 2.02. The van der Waals surface area contributed by atoms with Gasteiger partial charge in [-0.1, -0.05) is 0 Å². The van der Waals surface area contributed by atoms with E-state index in [0.29, 0.717) is 23.4 Å². The Morgan fingerprint density at radius 3 is 2.71 bits per heavy atom. The lowest BCUT2D eigenvalue weighted by Crippen LogP contribution is -2.38. The summed E-state index contributed by atoms with van der Waals surface area (Å²) >= 11 is 1.61. The van der Waals surface area contributed by atoms with Crippen molar-refractivity contribution in [3.63, 3.8) is 0 Å². The van der Waals surface area contributed by atoms with E-state index in [1.807, 2.05) is 29.2 Å². The van der Waals surface area contributed by atoms with Crippen molar-refractivity contribution < 1.29 is 14.3 Å². The fourth-order valence-corrected chi connectivity index (χ4v) is 6.06. The van der Waals surface area contributed by atoms with Crippen LogP contribution in [0.5, 0.6) is 5.75 Å². The van der Waals surface area contributed by atoms with E-state index in [4.69, 9.17) is 15.2 Å². The van der Waals surface area contributed by atoms with Gasteiger partial charge < -0.3 is 15.2 Å². The molecule has 5 rings (SSSR count). The third-order valence-electron chi connectivity index (χ3n) is 6.71. The molecule has 1 atom stereocenters. The number of Topliss-reactive ketones (excluding diaryl/α,β-unsaturated/α-hetero) is 1. The van der Waals surface area contributed by atoms with Crippen LogP contribution >= 0.6 is 11.3 Å². The Balaban J connectivity index is 1.55. The third-order valence-corrected chi connectivity index (χ3v) is 7.76. The van der Waals surface area contributed by atoms with Gasteiger partial charge in [0, 0.05) is 47.9 Å². The predicted octanol–water partition coefficient (Wildman–Crippen LogP) is 3.89. The number of nitrogens with zero attached hydrogens (tertiary/aromatic N) is 3. The minimum Gasteiger partial charge on any atom is -0.497 e. The first-order valence-electron chi connectivity index (χ1n) is 11.6. The first-order chi connectivity index (χ1) is 16.6. The molecule has 1 aliphatic carbocycles. The molecular weight excluding hydrogens is 448 g/mol. The van der Waals surface area contributed by atoms with Crippen molar-refractivity contribution in [2.75, 3.05) is 38.3 Å². The normalized spacial score (nSPS) is 21.5. The lowest BCUT2D eigenvalue weighted by atomic mass is 9.78. The van der Waals surface area contributed by atoms with E-state index in [-0.39, 0.29) is 5.78 Å². The third kappa shape index (κ3) is 4.11. The predicted molar refractivity (Wildman–Crippen MR) is 131 cm³/mol. The zero-order valence-corrected chi connectivity index (χ0v) is 20.1. The number of methoxy groups -OCH3 is 1. The van der Waals surface area contributed by atoms with E-state index < -0.39 is 5.92 Å². The van der Waals surface area contributed by atoms with Gasteiger partial charge in [0.1, 0.15) is 11.6 Å². The number of hydrogen-bond donors (Lipinski definition) is 1. The van der Waals surface area contributed by atoms with Crippen LogP contribution < -0.4 is 15.4 Å². The molecule has 176 valence electrons. The summed E-state index contributed by atoms with van der Waals surface area (Å²) in [6, 6.07) is 12.0. The molecular formula is C26H28N4O3S. The first-order valence-corrected chi connectivity index (χ1v) is 12.5. The molecule has 7 nitrogen and oxygen atoms in total. The summed E-state index contributed by atoms with van der Waals surface area (Å²) in [5.74, 6) is 0.829. The van der Waals surface area contributed by atoms with Gasteiger partial charge in [-0.3, -0.25) is 14.6 Å². The van der Waals surface area contributed by atoms with Crippen molar-refractivity contribution in [1.82, 2.24) is 4.90 Å². The molecule has 3 heterocycles. The van der Waals surface area contributed by atoms with Crippen LogP contribution in [0, 0.1) is 11.3 Å². The van der Waals surface area contributed by atoms with E-state index in [9.17, 15) is 10.1 Å². The van der Waals surface area contributed by atoms with Crippen LogP contribution in [0.25, 0.3) is 0 Å². The fourth-order valence-electron chi connectivity index (χ4n) is 5.04. The minimum atomic E-state index is -0.411. The number of nitrogens with two attached hydrogens (primary N) is 1.